The number of nitrogens with zero attached hydrogens (tertiary/aromatic N) is 2. The molecule has 3 aromatic rings. The molecule has 0 saturated carbocycles. The fourth-order valence-electron chi connectivity index (χ4n) is 3.63. The molecule has 0 bridgehead atoms. The monoisotopic (exact) mass is 395 g/mol. The highest BCUT2D eigenvalue weighted by Gasteiger charge is 2.28. The summed E-state index contributed by atoms with van der Waals surface area (Å²) in [7, 11) is 1.77. The molecule has 152 valence electrons. The highest BCUT2D eigenvalue weighted by Crippen LogP contribution is 2.27. The largest absolute Gasteiger partial charge is 0.459 e. The minimum atomic E-state index is -0.192. The summed E-state index contributed by atoms with van der Waals surface area (Å²) in [6.07, 6.45) is 2.93. The highest BCUT2D eigenvalue weighted by atomic mass is 16.3. The van der Waals surface area contributed by atoms with E-state index in [1.807, 2.05) is 37.3 Å². The minimum absolute atomic E-state index is 0.0356. The summed E-state index contributed by atoms with van der Waals surface area (Å²) in [6.45, 7) is 3.13. The normalized spacial score (nSPS) is 16.0. The Morgan fingerprint density at radius 3 is 2.62 bits per heavy atom. The number of likely N-dealkylation sites (tertiary alicyclic amines) is 1. The molecule has 0 spiro atoms. The summed E-state index contributed by atoms with van der Waals surface area (Å²) in [5.41, 5.74) is 0.816. The van der Waals surface area contributed by atoms with Crippen molar-refractivity contribution in [1.82, 2.24) is 15.1 Å². The number of hydrogen-bond acceptors (Lipinski definition) is 4. The van der Waals surface area contributed by atoms with Gasteiger partial charge >= 0.3 is 6.03 Å². The van der Waals surface area contributed by atoms with Crippen LogP contribution < -0.4 is 5.32 Å². The lowest BCUT2D eigenvalue weighted by Gasteiger charge is -2.33. The third-order valence-electron chi connectivity index (χ3n) is 5.60. The van der Waals surface area contributed by atoms with E-state index in [9.17, 15) is 9.59 Å². The van der Waals surface area contributed by atoms with E-state index in [1.54, 1.807) is 29.0 Å². The molecule has 1 fully saturated rings. The molecule has 1 unspecified atom stereocenters. The van der Waals surface area contributed by atoms with Gasteiger partial charge in [0.15, 0.2) is 5.76 Å². The van der Waals surface area contributed by atoms with Crippen molar-refractivity contribution in [2.75, 3.05) is 20.1 Å². The fraction of sp³-hybridized carbons (Fsp3) is 0.364. The van der Waals surface area contributed by atoms with Crippen LogP contribution in [0.4, 0.5) is 4.79 Å². The molecule has 7 heteroatoms. The van der Waals surface area contributed by atoms with Gasteiger partial charge in [-0.2, -0.15) is 0 Å². The maximum Gasteiger partial charge on any atom is 0.317 e. The van der Waals surface area contributed by atoms with Crippen molar-refractivity contribution < 1.29 is 18.4 Å². The molecule has 1 saturated heterocycles. The summed E-state index contributed by atoms with van der Waals surface area (Å²) in [5, 5.41) is 4.11. The fourth-order valence-corrected chi connectivity index (χ4v) is 3.63. The zero-order chi connectivity index (χ0) is 20.4. The number of hydrogen-bond donors (Lipinski definition) is 1. The van der Waals surface area contributed by atoms with E-state index in [1.165, 1.54) is 6.26 Å². The Labute approximate surface area is 169 Å². The molecule has 3 amide bonds. The molecule has 0 aliphatic carbocycles. The maximum atomic E-state index is 12.7. The smallest absolute Gasteiger partial charge is 0.317 e. The molecule has 1 atom stereocenters. The first kappa shape index (κ1) is 19.1. The van der Waals surface area contributed by atoms with Gasteiger partial charge in [-0.1, -0.05) is 18.2 Å². The van der Waals surface area contributed by atoms with Gasteiger partial charge in [-0.3, -0.25) is 4.79 Å². The molecule has 2 aromatic heterocycles. The zero-order valence-corrected chi connectivity index (χ0v) is 16.6. The second kappa shape index (κ2) is 8.03. The SMILES string of the molecule is CC(c1cc2ccccc2o1)N(C)C(=O)NC1CCN(C(=O)c2ccco2)CC1. The number of fused-ring (bicyclic) bond motifs is 1. The van der Waals surface area contributed by atoms with Gasteiger partial charge in [-0.05, 0) is 44.0 Å². The number of nitrogens with one attached hydrogen (secondary N) is 1. The Morgan fingerprint density at radius 1 is 1.17 bits per heavy atom. The summed E-state index contributed by atoms with van der Waals surface area (Å²) >= 11 is 0. The quantitative estimate of drug-likeness (QED) is 0.723. The average Bonchev–Trinajstić information content (AvgIpc) is 3.42. The van der Waals surface area contributed by atoms with Crippen molar-refractivity contribution >= 4 is 22.9 Å². The molecule has 29 heavy (non-hydrogen) atoms. The number of para-hydroxylation sites is 1. The maximum absolute atomic E-state index is 12.7. The lowest BCUT2D eigenvalue weighted by molar-refractivity contribution is 0.0674. The van der Waals surface area contributed by atoms with Crippen LogP contribution in [0.15, 0.2) is 57.6 Å². The lowest BCUT2D eigenvalue weighted by Crippen LogP contribution is -2.49. The van der Waals surface area contributed by atoms with Crippen LogP contribution in [0, 0.1) is 0 Å². The van der Waals surface area contributed by atoms with Crippen LogP contribution >= 0.6 is 0 Å². The molecule has 4 rings (SSSR count). The second-order valence-electron chi connectivity index (χ2n) is 7.47. The van der Waals surface area contributed by atoms with Crippen LogP contribution in [0.5, 0.6) is 0 Å². The number of benzene rings is 1. The van der Waals surface area contributed by atoms with E-state index in [-0.39, 0.29) is 24.0 Å². The van der Waals surface area contributed by atoms with Crippen molar-refractivity contribution in [2.45, 2.75) is 31.8 Å². The topological polar surface area (TPSA) is 78.9 Å². The highest BCUT2D eigenvalue weighted by molar-refractivity contribution is 5.91. The van der Waals surface area contributed by atoms with Crippen molar-refractivity contribution in [3.63, 3.8) is 0 Å². The second-order valence-corrected chi connectivity index (χ2v) is 7.47. The van der Waals surface area contributed by atoms with E-state index in [0.29, 0.717) is 31.7 Å². The summed E-state index contributed by atoms with van der Waals surface area (Å²) < 4.78 is 11.1. The van der Waals surface area contributed by atoms with E-state index in [4.69, 9.17) is 8.83 Å². The lowest BCUT2D eigenvalue weighted by atomic mass is 10.0. The van der Waals surface area contributed by atoms with Gasteiger partial charge < -0.3 is 24.0 Å². The predicted molar refractivity (Wildman–Crippen MR) is 109 cm³/mol. The Hall–Kier alpha value is -3.22. The first-order chi connectivity index (χ1) is 14.0. The van der Waals surface area contributed by atoms with E-state index < -0.39 is 0 Å². The van der Waals surface area contributed by atoms with E-state index in [0.717, 1.165) is 16.7 Å². The van der Waals surface area contributed by atoms with Gasteiger partial charge in [-0.15, -0.1) is 0 Å². The number of urea groups is 1. The van der Waals surface area contributed by atoms with E-state index in [2.05, 4.69) is 5.32 Å². The van der Waals surface area contributed by atoms with Gasteiger partial charge in [-0.25, -0.2) is 4.79 Å². The molecule has 3 heterocycles. The van der Waals surface area contributed by atoms with Crippen molar-refractivity contribution in [3.8, 4) is 0 Å². The Bertz CT molecular complexity index is 954. The number of furan rings is 2. The Kier molecular flexibility index (Phi) is 5.29. The zero-order valence-electron chi connectivity index (χ0n) is 16.6. The summed E-state index contributed by atoms with van der Waals surface area (Å²) in [6, 6.07) is 12.9. The Balaban J connectivity index is 1.31. The van der Waals surface area contributed by atoms with Crippen LogP contribution in [0.25, 0.3) is 11.0 Å². The number of piperidine rings is 1. The van der Waals surface area contributed by atoms with Gasteiger partial charge in [0.05, 0.1) is 12.3 Å². The van der Waals surface area contributed by atoms with Crippen LogP contribution in [-0.4, -0.2) is 47.9 Å². The van der Waals surface area contributed by atoms with Gasteiger partial charge in [0, 0.05) is 31.6 Å². The number of rotatable bonds is 4. The van der Waals surface area contributed by atoms with Gasteiger partial charge in [0.25, 0.3) is 5.91 Å². The summed E-state index contributed by atoms with van der Waals surface area (Å²) in [5.74, 6) is 1.00. The van der Waals surface area contributed by atoms with Crippen molar-refractivity contribution in [1.29, 1.82) is 0 Å². The number of carbonyl (C=O) groups excluding carboxylic acids is 2. The molecule has 7 nitrogen and oxygen atoms in total. The first-order valence-corrected chi connectivity index (χ1v) is 9.87. The number of carbonyl (C=O) groups is 2. The molecule has 0 radical (unpaired) electrons. The van der Waals surface area contributed by atoms with Gasteiger partial charge in [0.1, 0.15) is 11.3 Å². The van der Waals surface area contributed by atoms with E-state index >= 15 is 0 Å². The van der Waals surface area contributed by atoms with Gasteiger partial charge in [0.2, 0.25) is 0 Å². The third kappa shape index (κ3) is 3.99. The average molecular weight is 395 g/mol. The van der Waals surface area contributed by atoms with Crippen LogP contribution in [-0.2, 0) is 0 Å². The molecule has 1 N–H and O–H groups in total. The van der Waals surface area contributed by atoms with Crippen LogP contribution in [0.1, 0.15) is 42.1 Å². The molecule has 1 aliphatic rings. The van der Waals surface area contributed by atoms with Crippen LogP contribution in [0.3, 0.4) is 0 Å². The van der Waals surface area contributed by atoms with Crippen LogP contribution in [0.2, 0.25) is 0 Å². The number of amides is 3. The molecular weight excluding hydrogens is 370 g/mol. The standard InChI is InChI=1S/C22H25N3O4/c1-15(20-14-16-6-3-4-7-18(16)29-20)24(2)22(27)23-17-9-11-25(12-10-17)21(26)19-8-5-13-28-19/h3-8,13-15,17H,9-12H2,1-2H3,(H,23,27). The molecular formula is C22H25N3O4. The molecule has 1 aliphatic heterocycles. The van der Waals surface area contributed by atoms with Crippen molar-refractivity contribution in [3.05, 3.63) is 60.2 Å². The minimum Gasteiger partial charge on any atom is -0.459 e. The van der Waals surface area contributed by atoms with Crippen molar-refractivity contribution in [2.24, 2.45) is 0 Å². The Morgan fingerprint density at radius 2 is 1.93 bits per heavy atom. The molecule has 1 aromatic carbocycles. The summed E-state index contributed by atoms with van der Waals surface area (Å²) in [4.78, 5) is 28.5. The third-order valence-corrected chi connectivity index (χ3v) is 5.60. The predicted octanol–water partition coefficient (Wildman–Crippen LogP) is 4.03. The first-order valence-electron chi connectivity index (χ1n) is 9.87.